The van der Waals surface area contributed by atoms with E-state index in [1.54, 1.807) is 0 Å². The third-order valence-corrected chi connectivity index (χ3v) is 6.20. The van der Waals surface area contributed by atoms with Gasteiger partial charge in [0.05, 0.1) is 11.5 Å². The van der Waals surface area contributed by atoms with Crippen LogP contribution in [0.5, 0.6) is 0 Å². The molecule has 0 unspecified atom stereocenters. The number of carbonyl (C=O) groups is 1. The van der Waals surface area contributed by atoms with E-state index in [1.807, 2.05) is 35.3 Å². The van der Waals surface area contributed by atoms with E-state index in [-0.39, 0.29) is 23.5 Å². The van der Waals surface area contributed by atoms with Gasteiger partial charge in [0.25, 0.3) is 0 Å². The molecule has 0 spiro atoms. The number of ether oxygens (including phenoxy) is 1. The van der Waals surface area contributed by atoms with Crippen LogP contribution in [-0.2, 0) is 9.53 Å². The number of amides is 1. The highest BCUT2D eigenvalue weighted by molar-refractivity contribution is 5.85. The molecule has 1 amide bonds. The van der Waals surface area contributed by atoms with Gasteiger partial charge in [-0.2, -0.15) is 0 Å². The average molecular weight is 354 g/mol. The van der Waals surface area contributed by atoms with Crippen molar-refractivity contribution in [3.8, 4) is 0 Å². The first-order valence-corrected chi connectivity index (χ1v) is 9.76. The Morgan fingerprint density at radius 1 is 1.23 bits per heavy atom. The van der Waals surface area contributed by atoms with E-state index in [0.29, 0.717) is 0 Å². The van der Waals surface area contributed by atoms with Crippen LogP contribution in [0.3, 0.4) is 0 Å². The van der Waals surface area contributed by atoms with E-state index in [0.717, 1.165) is 44.1 Å². The molecular weight excluding hydrogens is 322 g/mol. The Balaban J connectivity index is 1.89. The Bertz CT molecular complexity index is 670. The van der Waals surface area contributed by atoms with Crippen LogP contribution in [0, 0.1) is 5.41 Å². The predicted octanol–water partition coefficient (Wildman–Crippen LogP) is 5.40. The second kappa shape index (κ2) is 7.40. The van der Waals surface area contributed by atoms with Gasteiger partial charge in [0.1, 0.15) is 11.8 Å². The Hall–Kier alpha value is -1.87. The first kappa shape index (κ1) is 18.9. The van der Waals surface area contributed by atoms with Gasteiger partial charge in [-0.15, -0.1) is 13.2 Å². The molecule has 26 heavy (non-hydrogen) atoms. The second-order valence-corrected chi connectivity index (χ2v) is 7.99. The van der Waals surface area contributed by atoms with Crippen LogP contribution in [0.2, 0.25) is 0 Å². The summed E-state index contributed by atoms with van der Waals surface area (Å²) in [5, 5.41) is 0. The molecule has 4 atom stereocenters. The Labute approximate surface area is 157 Å². The molecule has 2 fully saturated rings. The van der Waals surface area contributed by atoms with Gasteiger partial charge in [0.2, 0.25) is 5.91 Å². The van der Waals surface area contributed by atoms with E-state index in [2.05, 4.69) is 39.1 Å². The largest absolute Gasteiger partial charge is 0.346 e. The number of fused-ring (bicyclic) bond motifs is 1. The third-order valence-electron chi connectivity index (χ3n) is 6.20. The lowest BCUT2D eigenvalue weighted by molar-refractivity contribution is -0.176. The summed E-state index contributed by atoms with van der Waals surface area (Å²) in [6.45, 7) is 11.9. The molecule has 2 heterocycles. The Kier molecular flexibility index (Phi) is 5.38. The molecule has 2 aliphatic rings. The molecule has 2 aliphatic heterocycles. The van der Waals surface area contributed by atoms with E-state index in [1.165, 1.54) is 0 Å². The maximum Gasteiger partial charge on any atom is 0.231 e. The van der Waals surface area contributed by atoms with Gasteiger partial charge >= 0.3 is 0 Å². The van der Waals surface area contributed by atoms with Crippen LogP contribution >= 0.6 is 0 Å². The minimum Gasteiger partial charge on any atom is -0.346 e. The SMILES string of the molecule is C=CCCC[C@@]1(CC=C)CC[C@@]2(C)O[C@H](c3ccccc3)[C@H](C)N2C1=O. The normalized spacial score (nSPS) is 33.8. The number of carbonyl (C=O) groups excluding carboxylic acids is 1. The summed E-state index contributed by atoms with van der Waals surface area (Å²) < 4.78 is 6.48. The first-order valence-electron chi connectivity index (χ1n) is 9.76. The maximum absolute atomic E-state index is 13.7. The number of benzene rings is 1. The summed E-state index contributed by atoms with van der Waals surface area (Å²) in [6, 6.07) is 10.3. The lowest BCUT2D eigenvalue weighted by Gasteiger charge is -2.48. The van der Waals surface area contributed by atoms with Crippen molar-refractivity contribution in [3.05, 3.63) is 61.2 Å². The molecule has 0 aromatic heterocycles. The van der Waals surface area contributed by atoms with Gasteiger partial charge < -0.3 is 9.64 Å². The fourth-order valence-corrected chi connectivity index (χ4v) is 4.78. The summed E-state index contributed by atoms with van der Waals surface area (Å²) in [6.07, 6.45) is 9.06. The average Bonchev–Trinajstić information content (AvgIpc) is 2.91. The van der Waals surface area contributed by atoms with Gasteiger partial charge in [-0.25, -0.2) is 0 Å². The molecule has 0 saturated carbocycles. The smallest absolute Gasteiger partial charge is 0.231 e. The Morgan fingerprint density at radius 2 is 1.96 bits per heavy atom. The molecular formula is C23H31NO2. The van der Waals surface area contributed by atoms with E-state index in [9.17, 15) is 4.79 Å². The minimum absolute atomic E-state index is 0.0267. The fraction of sp³-hybridized carbons (Fsp3) is 0.522. The summed E-state index contributed by atoms with van der Waals surface area (Å²) >= 11 is 0. The van der Waals surface area contributed by atoms with E-state index in [4.69, 9.17) is 4.74 Å². The van der Waals surface area contributed by atoms with Crippen molar-refractivity contribution in [2.75, 3.05) is 0 Å². The summed E-state index contributed by atoms with van der Waals surface area (Å²) in [4.78, 5) is 15.7. The summed E-state index contributed by atoms with van der Waals surface area (Å²) in [5.74, 6) is 0.237. The summed E-state index contributed by atoms with van der Waals surface area (Å²) in [5.41, 5.74) is 0.289. The molecule has 2 saturated heterocycles. The monoisotopic (exact) mass is 353 g/mol. The molecule has 0 aliphatic carbocycles. The second-order valence-electron chi connectivity index (χ2n) is 7.99. The number of hydrogen-bond acceptors (Lipinski definition) is 2. The minimum atomic E-state index is -0.514. The molecule has 1 aromatic carbocycles. The zero-order chi connectivity index (χ0) is 18.8. The van der Waals surface area contributed by atoms with Gasteiger partial charge in [-0.05, 0) is 57.9 Å². The van der Waals surface area contributed by atoms with Gasteiger partial charge in [0.15, 0.2) is 0 Å². The number of nitrogens with zero attached hydrogens (tertiary/aromatic N) is 1. The van der Waals surface area contributed by atoms with Crippen molar-refractivity contribution < 1.29 is 9.53 Å². The van der Waals surface area contributed by atoms with Crippen molar-refractivity contribution in [2.45, 2.75) is 70.2 Å². The Morgan fingerprint density at radius 3 is 2.62 bits per heavy atom. The lowest BCUT2D eigenvalue weighted by Crippen LogP contribution is -2.59. The zero-order valence-electron chi connectivity index (χ0n) is 16.1. The van der Waals surface area contributed by atoms with Crippen LogP contribution in [0.4, 0.5) is 0 Å². The number of hydrogen-bond donors (Lipinski definition) is 0. The molecule has 140 valence electrons. The standard InChI is InChI=1S/C23H31NO2/c1-5-7-11-15-23(14-6-2)17-16-22(4)24(21(23)25)18(3)20(26-22)19-12-9-8-10-13-19/h5-6,8-10,12-13,18,20H,1-2,7,11,14-17H2,3-4H3/t18-,20-,22+,23-/m0/s1. The number of piperidine rings is 1. The van der Waals surface area contributed by atoms with Crippen LogP contribution < -0.4 is 0 Å². The predicted molar refractivity (Wildman–Crippen MR) is 106 cm³/mol. The van der Waals surface area contributed by atoms with Crippen molar-refractivity contribution in [1.82, 2.24) is 4.90 Å². The van der Waals surface area contributed by atoms with Gasteiger partial charge in [-0.3, -0.25) is 4.79 Å². The highest BCUT2D eigenvalue weighted by Crippen LogP contribution is 2.52. The molecule has 1 aromatic rings. The van der Waals surface area contributed by atoms with Crippen molar-refractivity contribution in [3.63, 3.8) is 0 Å². The topological polar surface area (TPSA) is 29.5 Å². The maximum atomic E-state index is 13.7. The van der Waals surface area contributed by atoms with Gasteiger partial charge in [0, 0.05) is 0 Å². The molecule has 0 N–H and O–H groups in total. The van der Waals surface area contributed by atoms with Crippen LogP contribution in [-0.4, -0.2) is 22.6 Å². The molecule has 0 radical (unpaired) electrons. The first-order chi connectivity index (χ1) is 12.5. The molecule has 3 rings (SSSR count). The van der Waals surface area contributed by atoms with Crippen LogP contribution in [0.1, 0.15) is 64.0 Å². The van der Waals surface area contributed by atoms with Crippen LogP contribution in [0.25, 0.3) is 0 Å². The fourth-order valence-electron chi connectivity index (χ4n) is 4.78. The quantitative estimate of drug-likeness (QED) is 0.485. The highest BCUT2D eigenvalue weighted by atomic mass is 16.5. The number of rotatable bonds is 7. The van der Waals surface area contributed by atoms with Crippen molar-refractivity contribution >= 4 is 5.91 Å². The molecule has 3 heteroatoms. The lowest BCUT2D eigenvalue weighted by atomic mass is 9.70. The van der Waals surface area contributed by atoms with E-state index < -0.39 is 5.72 Å². The van der Waals surface area contributed by atoms with Crippen molar-refractivity contribution in [1.29, 1.82) is 0 Å². The highest BCUT2D eigenvalue weighted by Gasteiger charge is 2.58. The zero-order valence-corrected chi connectivity index (χ0v) is 16.1. The molecule has 0 bridgehead atoms. The molecule has 3 nitrogen and oxygen atoms in total. The van der Waals surface area contributed by atoms with E-state index >= 15 is 0 Å². The van der Waals surface area contributed by atoms with Crippen molar-refractivity contribution in [2.24, 2.45) is 5.41 Å². The van der Waals surface area contributed by atoms with Gasteiger partial charge in [-0.1, -0.05) is 42.5 Å². The summed E-state index contributed by atoms with van der Waals surface area (Å²) in [7, 11) is 0. The number of unbranched alkanes of at least 4 members (excludes halogenated alkanes) is 1. The van der Waals surface area contributed by atoms with Crippen LogP contribution in [0.15, 0.2) is 55.6 Å². The third kappa shape index (κ3) is 3.14. The number of allylic oxidation sites excluding steroid dienone is 2.